The fourth-order valence-electron chi connectivity index (χ4n) is 2.61. The number of nitrogens with zero attached hydrogens (tertiary/aromatic N) is 1. The van der Waals surface area contributed by atoms with Crippen molar-refractivity contribution in [3.63, 3.8) is 0 Å². The van der Waals surface area contributed by atoms with Gasteiger partial charge in [-0.2, -0.15) is 0 Å². The molecule has 0 atom stereocenters. The first-order valence-corrected chi connectivity index (χ1v) is 8.88. The van der Waals surface area contributed by atoms with Gasteiger partial charge in [0.15, 0.2) is 0 Å². The maximum absolute atomic E-state index is 12.2. The van der Waals surface area contributed by atoms with Gasteiger partial charge in [-0.25, -0.2) is 9.59 Å². The van der Waals surface area contributed by atoms with Crippen molar-refractivity contribution < 1.29 is 23.8 Å². The predicted octanol–water partition coefficient (Wildman–Crippen LogP) is 3.04. The molecule has 0 bridgehead atoms. The summed E-state index contributed by atoms with van der Waals surface area (Å²) in [6.45, 7) is 11.2. The molecule has 1 N–H and O–H groups in total. The highest BCUT2D eigenvalue weighted by Crippen LogP contribution is 2.22. The number of hydrogen-bond acceptors (Lipinski definition) is 6. The van der Waals surface area contributed by atoms with Crippen LogP contribution in [0.25, 0.3) is 0 Å². The minimum absolute atomic E-state index is 0.264. The minimum atomic E-state index is -0.625. The largest absolute Gasteiger partial charge is 0.462 e. The SMILES string of the molecule is CCOC(=O)c1ccc(CN2CCOCC2)cc1NC(=O)OC(C)(C)C. The molecule has 1 amide bonds. The second-order valence-electron chi connectivity index (χ2n) is 7.12. The van der Waals surface area contributed by atoms with E-state index in [1.165, 1.54) is 0 Å². The zero-order valence-corrected chi connectivity index (χ0v) is 16.0. The summed E-state index contributed by atoms with van der Waals surface area (Å²) >= 11 is 0. The molecule has 26 heavy (non-hydrogen) atoms. The zero-order chi connectivity index (χ0) is 19.2. The van der Waals surface area contributed by atoms with E-state index in [0.29, 0.717) is 24.5 Å². The van der Waals surface area contributed by atoms with Gasteiger partial charge in [0.25, 0.3) is 0 Å². The zero-order valence-electron chi connectivity index (χ0n) is 16.0. The average Bonchev–Trinajstić information content (AvgIpc) is 2.54. The van der Waals surface area contributed by atoms with Crippen LogP contribution in [0.15, 0.2) is 18.2 Å². The van der Waals surface area contributed by atoms with Crippen LogP contribution in [0.1, 0.15) is 43.6 Å². The Bertz CT molecular complexity index is 633. The number of carbonyl (C=O) groups is 2. The molecule has 1 aromatic rings. The van der Waals surface area contributed by atoms with E-state index in [1.54, 1.807) is 39.8 Å². The molecule has 2 rings (SSSR count). The van der Waals surface area contributed by atoms with E-state index >= 15 is 0 Å². The summed E-state index contributed by atoms with van der Waals surface area (Å²) < 4.78 is 15.7. The lowest BCUT2D eigenvalue weighted by molar-refractivity contribution is 0.0342. The Balaban J connectivity index is 2.19. The summed E-state index contributed by atoms with van der Waals surface area (Å²) in [5.41, 5.74) is 1.07. The van der Waals surface area contributed by atoms with Crippen LogP contribution < -0.4 is 5.32 Å². The molecule has 1 aliphatic rings. The minimum Gasteiger partial charge on any atom is -0.462 e. The van der Waals surface area contributed by atoms with Gasteiger partial charge in [-0.15, -0.1) is 0 Å². The average molecular weight is 364 g/mol. The molecule has 1 aromatic carbocycles. The molecule has 1 saturated heterocycles. The lowest BCUT2D eigenvalue weighted by Gasteiger charge is -2.27. The van der Waals surface area contributed by atoms with Gasteiger partial charge in [-0.05, 0) is 45.4 Å². The van der Waals surface area contributed by atoms with E-state index in [-0.39, 0.29) is 6.61 Å². The Morgan fingerprint density at radius 2 is 1.92 bits per heavy atom. The summed E-state index contributed by atoms with van der Waals surface area (Å²) in [6.07, 6.45) is -0.605. The predicted molar refractivity (Wildman–Crippen MR) is 98.4 cm³/mol. The van der Waals surface area contributed by atoms with Crippen LogP contribution in [0.5, 0.6) is 0 Å². The molecule has 7 nitrogen and oxygen atoms in total. The summed E-state index contributed by atoms with van der Waals surface area (Å²) in [4.78, 5) is 26.6. The molecule has 1 fully saturated rings. The molecule has 0 spiro atoms. The van der Waals surface area contributed by atoms with E-state index in [0.717, 1.165) is 25.2 Å². The Labute approximate surface area is 154 Å². The maximum Gasteiger partial charge on any atom is 0.412 e. The van der Waals surface area contributed by atoms with E-state index < -0.39 is 17.7 Å². The monoisotopic (exact) mass is 364 g/mol. The van der Waals surface area contributed by atoms with Gasteiger partial charge in [0, 0.05) is 19.6 Å². The number of ether oxygens (including phenoxy) is 3. The fourth-order valence-corrected chi connectivity index (χ4v) is 2.61. The summed E-state index contributed by atoms with van der Waals surface area (Å²) in [5.74, 6) is -0.475. The third-order valence-electron chi connectivity index (χ3n) is 3.72. The van der Waals surface area contributed by atoms with Crippen molar-refractivity contribution in [2.75, 3.05) is 38.2 Å². The Hall–Kier alpha value is -2.12. The van der Waals surface area contributed by atoms with Crippen LogP contribution in [-0.4, -0.2) is 55.5 Å². The summed E-state index contributed by atoms with van der Waals surface area (Å²) in [7, 11) is 0. The van der Waals surface area contributed by atoms with Gasteiger partial charge >= 0.3 is 12.1 Å². The Morgan fingerprint density at radius 1 is 1.23 bits per heavy atom. The number of amides is 1. The molecule has 0 saturated carbocycles. The molecular formula is C19H28N2O5. The number of benzene rings is 1. The number of morpholine rings is 1. The van der Waals surface area contributed by atoms with Gasteiger partial charge in [0.1, 0.15) is 5.60 Å². The van der Waals surface area contributed by atoms with Crippen molar-refractivity contribution in [1.82, 2.24) is 4.90 Å². The smallest absolute Gasteiger partial charge is 0.412 e. The van der Waals surface area contributed by atoms with Gasteiger partial charge in [0.2, 0.25) is 0 Å². The number of hydrogen-bond donors (Lipinski definition) is 1. The second kappa shape index (κ2) is 9.00. The first-order chi connectivity index (χ1) is 12.3. The van der Waals surface area contributed by atoms with E-state index in [1.807, 2.05) is 6.07 Å². The fraction of sp³-hybridized carbons (Fsp3) is 0.579. The highest BCUT2D eigenvalue weighted by atomic mass is 16.6. The highest BCUT2D eigenvalue weighted by molar-refractivity contribution is 5.99. The van der Waals surface area contributed by atoms with Crippen molar-refractivity contribution in [1.29, 1.82) is 0 Å². The third-order valence-corrected chi connectivity index (χ3v) is 3.72. The molecule has 0 aliphatic carbocycles. The third kappa shape index (κ3) is 6.31. The molecule has 7 heteroatoms. The highest BCUT2D eigenvalue weighted by Gasteiger charge is 2.20. The summed E-state index contributed by atoms with van der Waals surface area (Å²) in [6, 6.07) is 5.36. The molecule has 0 aromatic heterocycles. The van der Waals surface area contributed by atoms with Gasteiger partial charge in [-0.3, -0.25) is 10.2 Å². The quantitative estimate of drug-likeness (QED) is 0.809. The standard InChI is InChI=1S/C19H28N2O5/c1-5-25-17(22)15-7-6-14(13-21-8-10-24-11-9-21)12-16(15)20-18(23)26-19(2,3)4/h6-7,12H,5,8-11,13H2,1-4H3,(H,20,23). The van der Waals surface area contributed by atoms with Crippen LogP contribution in [0.3, 0.4) is 0 Å². The number of anilines is 1. The summed E-state index contributed by atoms with van der Waals surface area (Å²) in [5, 5.41) is 2.68. The first kappa shape index (κ1) is 20.2. The van der Waals surface area contributed by atoms with Crippen LogP contribution >= 0.6 is 0 Å². The molecule has 1 heterocycles. The Morgan fingerprint density at radius 3 is 2.54 bits per heavy atom. The maximum atomic E-state index is 12.2. The van der Waals surface area contributed by atoms with Crippen LogP contribution in [0.4, 0.5) is 10.5 Å². The molecule has 144 valence electrons. The topological polar surface area (TPSA) is 77.1 Å². The number of esters is 1. The second-order valence-corrected chi connectivity index (χ2v) is 7.12. The van der Waals surface area contributed by atoms with E-state index in [9.17, 15) is 9.59 Å². The van der Waals surface area contributed by atoms with Crippen molar-refractivity contribution in [2.24, 2.45) is 0 Å². The molecule has 0 unspecified atom stereocenters. The Kier molecular flexibility index (Phi) is 6.99. The lowest BCUT2D eigenvalue weighted by atomic mass is 10.1. The van der Waals surface area contributed by atoms with E-state index in [2.05, 4.69) is 10.2 Å². The van der Waals surface area contributed by atoms with Crippen molar-refractivity contribution in [2.45, 2.75) is 39.8 Å². The van der Waals surface area contributed by atoms with Crippen molar-refractivity contribution in [3.8, 4) is 0 Å². The number of nitrogens with one attached hydrogen (secondary N) is 1. The van der Waals surface area contributed by atoms with Gasteiger partial charge in [0.05, 0.1) is 31.1 Å². The molecule has 1 aliphatic heterocycles. The van der Waals surface area contributed by atoms with Crippen LogP contribution in [0.2, 0.25) is 0 Å². The van der Waals surface area contributed by atoms with E-state index in [4.69, 9.17) is 14.2 Å². The van der Waals surface area contributed by atoms with Gasteiger partial charge in [-0.1, -0.05) is 6.07 Å². The van der Waals surface area contributed by atoms with Gasteiger partial charge < -0.3 is 14.2 Å². The first-order valence-electron chi connectivity index (χ1n) is 8.88. The van der Waals surface area contributed by atoms with Crippen molar-refractivity contribution >= 4 is 17.7 Å². The van der Waals surface area contributed by atoms with Crippen LogP contribution in [-0.2, 0) is 20.8 Å². The lowest BCUT2D eigenvalue weighted by Crippen LogP contribution is -2.35. The molecule has 0 radical (unpaired) electrons. The number of rotatable bonds is 5. The molecular weight excluding hydrogens is 336 g/mol. The van der Waals surface area contributed by atoms with Crippen molar-refractivity contribution in [3.05, 3.63) is 29.3 Å². The number of carbonyl (C=O) groups excluding carboxylic acids is 2. The normalized spacial score (nSPS) is 15.4. The van der Waals surface area contributed by atoms with Crippen LogP contribution in [0, 0.1) is 0 Å².